The van der Waals surface area contributed by atoms with Gasteiger partial charge in [0.05, 0.1) is 26.6 Å². The molecule has 0 radical (unpaired) electrons. The minimum absolute atomic E-state index is 0.0136. The van der Waals surface area contributed by atoms with Gasteiger partial charge >= 0.3 is 5.97 Å². The van der Waals surface area contributed by atoms with Crippen molar-refractivity contribution in [2.24, 2.45) is 5.14 Å². The largest absolute Gasteiger partial charge is 0.462 e. The molecule has 0 heterocycles. The first kappa shape index (κ1) is 17.4. The van der Waals surface area contributed by atoms with Gasteiger partial charge in [0, 0.05) is 20.1 Å². The average Bonchev–Trinajstić information content (AvgIpc) is 2.36. The lowest BCUT2D eigenvalue weighted by Gasteiger charge is -2.08. The Morgan fingerprint density at radius 3 is 2.60 bits per heavy atom. The third-order valence-corrected chi connectivity index (χ3v) is 4.84. The first-order valence-corrected chi connectivity index (χ1v) is 8.17. The zero-order valence-electron chi connectivity index (χ0n) is 10.6. The molecule has 0 saturated carbocycles. The fourth-order valence-corrected chi connectivity index (χ4v) is 3.17. The van der Waals surface area contributed by atoms with Crippen LogP contribution in [0.3, 0.4) is 0 Å². The van der Waals surface area contributed by atoms with Crippen molar-refractivity contribution in [2.45, 2.75) is 11.3 Å². The molecule has 2 N–H and O–H groups in total. The van der Waals surface area contributed by atoms with E-state index in [1.165, 1.54) is 13.2 Å². The lowest BCUT2D eigenvalue weighted by Crippen LogP contribution is -2.15. The molecule has 0 aliphatic rings. The van der Waals surface area contributed by atoms with Crippen molar-refractivity contribution >= 4 is 43.5 Å². The van der Waals surface area contributed by atoms with Crippen LogP contribution in [0.15, 0.2) is 21.5 Å². The SMILES string of the molecule is COCCCOC(=O)c1cc(Cl)c(Br)c(S(N)(=O)=O)c1. The van der Waals surface area contributed by atoms with E-state index in [9.17, 15) is 13.2 Å². The molecule has 1 rings (SSSR count). The molecule has 9 heteroatoms. The van der Waals surface area contributed by atoms with E-state index in [4.69, 9.17) is 26.2 Å². The second kappa shape index (κ2) is 7.37. The predicted molar refractivity (Wildman–Crippen MR) is 77.3 cm³/mol. The number of hydrogen-bond donors (Lipinski definition) is 1. The Morgan fingerprint density at radius 1 is 1.40 bits per heavy atom. The number of hydrogen-bond acceptors (Lipinski definition) is 5. The smallest absolute Gasteiger partial charge is 0.338 e. The van der Waals surface area contributed by atoms with E-state index in [0.29, 0.717) is 13.0 Å². The van der Waals surface area contributed by atoms with Gasteiger partial charge in [0.1, 0.15) is 0 Å². The topological polar surface area (TPSA) is 95.7 Å². The van der Waals surface area contributed by atoms with Crippen molar-refractivity contribution in [1.29, 1.82) is 0 Å². The minimum atomic E-state index is -4.00. The van der Waals surface area contributed by atoms with Crippen LogP contribution in [-0.2, 0) is 19.5 Å². The summed E-state index contributed by atoms with van der Waals surface area (Å²) in [7, 11) is -2.46. The predicted octanol–water partition coefficient (Wildman–Crippen LogP) is 1.94. The second-order valence-corrected chi connectivity index (χ2v) is 6.53. The number of methoxy groups -OCH3 is 1. The number of halogens is 2. The number of carbonyl (C=O) groups is 1. The van der Waals surface area contributed by atoms with Crippen LogP contribution in [0.1, 0.15) is 16.8 Å². The molecule has 1 aromatic carbocycles. The molecule has 6 nitrogen and oxygen atoms in total. The summed E-state index contributed by atoms with van der Waals surface area (Å²) in [4.78, 5) is 11.5. The number of primary sulfonamides is 1. The van der Waals surface area contributed by atoms with Crippen LogP contribution in [0.2, 0.25) is 5.02 Å². The van der Waals surface area contributed by atoms with Crippen LogP contribution in [0.5, 0.6) is 0 Å². The van der Waals surface area contributed by atoms with Crippen LogP contribution in [0, 0.1) is 0 Å². The number of carbonyl (C=O) groups excluding carboxylic acids is 1. The highest BCUT2D eigenvalue weighted by molar-refractivity contribution is 9.10. The highest BCUT2D eigenvalue weighted by Crippen LogP contribution is 2.30. The molecule has 0 bridgehead atoms. The van der Waals surface area contributed by atoms with E-state index in [-0.39, 0.29) is 26.6 Å². The number of sulfonamides is 1. The van der Waals surface area contributed by atoms with Gasteiger partial charge in [-0.1, -0.05) is 11.6 Å². The molecule has 0 saturated heterocycles. The number of benzene rings is 1. The molecule has 0 fully saturated rings. The van der Waals surface area contributed by atoms with E-state index in [2.05, 4.69) is 15.9 Å². The maximum atomic E-state index is 11.8. The summed E-state index contributed by atoms with van der Waals surface area (Å²) in [6, 6.07) is 2.42. The zero-order valence-corrected chi connectivity index (χ0v) is 13.7. The van der Waals surface area contributed by atoms with Crippen molar-refractivity contribution in [3.8, 4) is 0 Å². The quantitative estimate of drug-likeness (QED) is 0.595. The zero-order chi connectivity index (χ0) is 15.3. The summed E-state index contributed by atoms with van der Waals surface area (Å²) in [5.74, 6) is -0.680. The Bertz CT molecular complexity index is 605. The molecule has 0 spiro atoms. The highest BCUT2D eigenvalue weighted by Gasteiger charge is 2.19. The van der Waals surface area contributed by atoms with Crippen molar-refractivity contribution in [3.05, 3.63) is 27.2 Å². The molecular weight excluding hydrogens is 374 g/mol. The number of nitrogens with two attached hydrogens (primary N) is 1. The monoisotopic (exact) mass is 385 g/mol. The fourth-order valence-electron chi connectivity index (χ4n) is 1.34. The number of rotatable bonds is 6. The second-order valence-electron chi connectivity index (χ2n) is 3.80. The Hall–Kier alpha value is -0.670. The Morgan fingerprint density at radius 2 is 2.05 bits per heavy atom. The van der Waals surface area contributed by atoms with Gasteiger partial charge < -0.3 is 9.47 Å². The van der Waals surface area contributed by atoms with Crippen LogP contribution >= 0.6 is 27.5 Å². The molecule has 0 amide bonds. The Kier molecular flexibility index (Phi) is 6.41. The van der Waals surface area contributed by atoms with Crippen molar-refractivity contribution < 1.29 is 22.7 Å². The summed E-state index contributed by atoms with van der Waals surface area (Å²) >= 11 is 8.87. The van der Waals surface area contributed by atoms with Gasteiger partial charge in [0.15, 0.2) is 0 Å². The van der Waals surface area contributed by atoms with Crippen molar-refractivity contribution in [3.63, 3.8) is 0 Å². The summed E-state index contributed by atoms with van der Waals surface area (Å²) < 4.78 is 32.7. The molecule has 0 aliphatic heterocycles. The molecule has 1 aromatic rings. The third-order valence-electron chi connectivity index (χ3n) is 2.26. The van der Waals surface area contributed by atoms with Gasteiger partial charge in [-0.3, -0.25) is 0 Å². The van der Waals surface area contributed by atoms with Gasteiger partial charge in [-0.15, -0.1) is 0 Å². The van der Waals surface area contributed by atoms with E-state index < -0.39 is 16.0 Å². The van der Waals surface area contributed by atoms with Crippen LogP contribution in [0.4, 0.5) is 0 Å². The Balaban J connectivity index is 2.97. The molecule has 0 atom stereocenters. The van der Waals surface area contributed by atoms with Crippen molar-refractivity contribution in [1.82, 2.24) is 0 Å². The van der Waals surface area contributed by atoms with Gasteiger partial charge in [-0.2, -0.15) is 0 Å². The van der Waals surface area contributed by atoms with Gasteiger partial charge in [0.2, 0.25) is 10.0 Å². The van der Waals surface area contributed by atoms with E-state index in [1.807, 2.05) is 0 Å². The molecule has 0 unspecified atom stereocenters. The van der Waals surface area contributed by atoms with E-state index in [1.54, 1.807) is 0 Å². The van der Waals surface area contributed by atoms with Crippen molar-refractivity contribution in [2.75, 3.05) is 20.3 Å². The van der Waals surface area contributed by atoms with Gasteiger partial charge in [-0.25, -0.2) is 18.4 Å². The summed E-state index contributed by atoms with van der Waals surface area (Å²) in [5, 5.41) is 5.11. The molecule has 112 valence electrons. The average molecular weight is 387 g/mol. The molecule has 0 aliphatic carbocycles. The van der Waals surface area contributed by atoms with E-state index >= 15 is 0 Å². The van der Waals surface area contributed by atoms with Gasteiger partial charge in [-0.05, 0) is 28.1 Å². The normalized spacial score (nSPS) is 11.4. The van der Waals surface area contributed by atoms with Gasteiger partial charge in [0.25, 0.3) is 0 Å². The first-order valence-electron chi connectivity index (χ1n) is 5.45. The standard InChI is InChI=1S/C11H13BrClNO5S/c1-18-3-2-4-19-11(15)7-5-8(13)10(12)9(6-7)20(14,16)17/h5-6H,2-4H2,1H3,(H2,14,16,17). The number of esters is 1. The van der Waals surface area contributed by atoms with Crippen LogP contribution in [0.25, 0.3) is 0 Å². The minimum Gasteiger partial charge on any atom is -0.462 e. The summed E-state index contributed by atoms with van der Waals surface area (Å²) in [6.07, 6.45) is 0.536. The fraction of sp³-hybridized carbons (Fsp3) is 0.364. The molecule has 20 heavy (non-hydrogen) atoms. The Labute approximate surface area is 130 Å². The summed E-state index contributed by atoms with van der Waals surface area (Å²) in [5.41, 5.74) is 0.0136. The highest BCUT2D eigenvalue weighted by atomic mass is 79.9. The lowest BCUT2D eigenvalue weighted by atomic mass is 10.2. The summed E-state index contributed by atoms with van der Waals surface area (Å²) in [6.45, 7) is 0.613. The van der Waals surface area contributed by atoms with E-state index in [0.717, 1.165) is 6.07 Å². The van der Waals surface area contributed by atoms with Crippen LogP contribution < -0.4 is 5.14 Å². The molecular formula is C11H13BrClNO5S. The first-order chi connectivity index (χ1) is 9.27. The third kappa shape index (κ3) is 4.71. The maximum Gasteiger partial charge on any atom is 0.338 e. The lowest BCUT2D eigenvalue weighted by molar-refractivity contribution is 0.0468. The molecule has 0 aromatic heterocycles. The maximum absolute atomic E-state index is 11.8. The van der Waals surface area contributed by atoms with Crippen LogP contribution in [-0.4, -0.2) is 34.7 Å². The number of ether oxygens (including phenoxy) is 2.